The van der Waals surface area contributed by atoms with E-state index < -0.39 is 26.2 Å². The van der Waals surface area contributed by atoms with E-state index in [-0.39, 0.29) is 34.5 Å². The van der Waals surface area contributed by atoms with Crippen molar-refractivity contribution in [1.29, 1.82) is 0 Å². The number of benzene rings is 5. The summed E-state index contributed by atoms with van der Waals surface area (Å²) >= 11 is 0. The summed E-state index contributed by atoms with van der Waals surface area (Å²) in [5, 5.41) is 4.89. The van der Waals surface area contributed by atoms with Crippen molar-refractivity contribution in [2.75, 3.05) is 9.80 Å². The lowest BCUT2D eigenvalue weighted by Crippen LogP contribution is -2.53. The van der Waals surface area contributed by atoms with Crippen LogP contribution in [0.4, 0.5) is 23.0 Å². The molecule has 0 spiro atoms. The number of amides is 2. The average Bonchev–Trinajstić information content (AvgIpc) is 3.23. The lowest BCUT2D eigenvalue weighted by atomic mass is 9.86. The number of nitrogens with zero attached hydrogens (tertiary/aromatic N) is 4. The third-order valence-electron chi connectivity index (χ3n) is 14.8. The lowest BCUT2D eigenvalue weighted by Gasteiger charge is -2.47. The van der Waals surface area contributed by atoms with Gasteiger partial charge in [0.15, 0.2) is 0 Å². The largest absolute Gasteiger partial charge is 0.273 e. The van der Waals surface area contributed by atoms with Gasteiger partial charge in [-0.25, -0.2) is 8.66 Å². The van der Waals surface area contributed by atoms with Gasteiger partial charge in [0.1, 0.15) is 22.5 Å². The molecule has 0 N–H and O–H groups in total. The van der Waals surface area contributed by atoms with Crippen molar-refractivity contribution >= 4 is 62.0 Å². The molecule has 2 amide bonds. The highest BCUT2D eigenvalue weighted by molar-refractivity contribution is 7.57. The minimum atomic E-state index is -1.14. The van der Waals surface area contributed by atoms with Gasteiger partial charge in [-0.1, -0.05) is 148 Å². The molecule has 8 nitrogen and oxygen atoms in total. The second kappa shape index (κ2) is 19.9. The Balaban J connectivity index is 0.000000193. The molecule has 0 radical (unpaired) electrons. The monoisotopic (exact) mass is 1040 g/mol. The van der Waals surface area contributed by atoms with E-state index in [2.05, 4.69) is 192 Å². The molecule has 2 unspecified atom stereocenters. The first kappa shape index (κ1) is 56.8. The summed E-state index contributed by atoms with van der Waals surface area (Å²) < 4.78 is 3.95. The fourth-order valence-electron chi connectivity index (χ4n) is 11.7. The average molecular weight is 1050 g/mol. The second-order valence-corrected chi connectivity index (χ2v) is 28.7. The van der Waals surface area contributed by atoms with E-state index in [9.17, 15) is 19.2 Å². The van der Waals surface area contributed by atoms with Gasteiger partial charge in [0, 0.05) is 21.2 Å². The van der Waals surface area contributed by atoms with Gasteiger partial charge in [0.25, 0.3) is 11.8 Å². The molecule has 10 heteroatoms. The van der Waals surface area contributed by atoms with E-state index in [0.29, 0.717) is 0 Å². The number of fused-ring (bicyclic) bond motifs is 2. The van der Waals surface area contributed by atoms with Crippen LogP contribution in [-0.2, 0) is 20.4 Å². The first-order chi connectivity index (χ1) is 34.6. The van der Waals surface area contributed by atoms with Crippen molar-refractivity contribution in [1.82, 2.24) is 8.66 Å². The standard InChI is InChI=1S/2C29H37N2O2P.C7H8/c2*1-16-12-18(3)22(19(4)13-16)30-25-24(28(7,8)9)34(23-20(5)14-17(2)15-21(23)6)31(25)27(33)29(10,11)26(30)32;1-7-5-3-2-4-6-7/h2*12-15H,1-11H3;2-6H,1H3. The number of aryl methyl sites for hydroxylation is 13. The van der Waals surface area contributed by atoms with Gasteiger partial charge >= 0.3 is 0 Å². The highest BCUT2D eigenvalue weighted by Gasteiger charge is 2.55. The molecule has 2 aliphatic heterocycles. The first-order valence-electron chi connectivity index (χ1n) is 26.4. The topological polar surface area (TPSA) is 84.6 Å². The molecule has 2 aromatic heterocycles. The van der Waals surface area contributed by atoms with Gasteiger partial charge in [-0.3, -0.25) is 29.0 Å². The minimum absolute atomic E-state index is 0.0929. The summed E-state index contributed by atoms with van der Waals surface area (Å²) in [5.41, 5.74) is 14.3. The van der Waals surface area contributed by atoms with Crippen LogP contribution in [0.2, 0.25) is 0 Å². The highest BCUT2D eigenvalue weighted by Crippen LogP contribution is 2.65. The number of rotatable bonds is 4. The fourth-order valence-corrected chi connectivity index (χ4v) is 17.9. The van der Waals surface area contributed by atoms with Crippen molar-refractivity contribution in [2.24, 2.45) is 10.8 Å². The summed E-state index contributed by atoms with van der Waals surface area (Å²) in [6.07, 6.45) is 0. The maximum Gasteiger partial charge on any atom is 0.250 e. The van der Waals surface area contributed by atoms with Gasteiger partial charge in [-0.15, -0.1) is 0 Å². The zero-order valence-electron chi connectivity index (χ0n) is 49.3. The van der Waals surface area contributed by atoms with Crippen molar-refractivity contribution in [3.8, 4) is 10.6 Å². The predicted octanol–water partition coefficient (Wildman–Crippen LogP) is 17.9. The quantitative estimate of drug-likeness (QED) is 0.164. The summed E-state index contributed by atoms with van der Waals surface area (Å²) in [5.74, 6) is 1.08. The van der Waals surface area contributed by atoms with Crippen LogP contribution in [0.1, 0.15) is 162 Å². The van der Waals surface area contributed by atoms with Crippen molar-refractivity contribution < 1.29 is 19.2 Å². The number of hydrogen-bond acceptors (Lipinski definition) is 4. The fraction of sp³-hybridized carbons (Fsp3) is 0.415. The predicted molar refractivity (Wildman–Crippen MR) is 318 cm³/mol. The number of carbonyl (C=O) groups excluding carboxylic acids is 4. The lowest BCUT2D eigenvalue weighted by molar-refractivity contribution is -0.125. The van der Waals surface area contributed by atoms with Gasteiger partial charge in [-0.2, -0.15) is 0 Å². The van der Waals surface area contributed by atoms with E-state index in [1.165, 1.54) is 71.3 Å². The Hall–Kier alpha value is -5.94. The molecule has 0 saturated carbocycles. The van der Waals surface area contributed by atoms with Crippen LogP contribution < -0.4 is 9.80 Å². The van der Waals surface area contributed by atoms with Crippen molar-refractivity contribution in [3.63, 3.8) is 0 Å². The molecule has 9 rings (SSSR count). The van der Waals surface area contributed by atoms with Crippen LogP contribution in [-0.4, -0.2) is 32.3 Å². The van der Waals surface area contributed by atoms with Gasteiger partial charge in [0.2, 0.25) is 11.8 Å². The van der Waals surface area contributed by atoms with Crippen molar-refractivity contribution in [3.05, 3.63) is 162 Å². The maximum atomic E-state index is 14.0. The molecule has 0 bridgehead atoms. The number of carbonyl (C=O) groups is 4. The van der Waals surface area contributed by atoms with E-state index in [1.807, 2.05) is 36.7 Å². The summed E-state index contributed by atoms with van der Waals surface area (Å²) in [7, 11) is -2.09. The summed E-state index contributed by atoms with van der Waals surface area (Å²) in [6.45, 7) is 47.6. The summed E-state index contributed by atoms with van der Waals surface area (Å²) in [4.78, 5) is 59.5. The van der Waals surface area contributed by atoms with E-state index in [4.69, 9.17) is 0 Å². The smallest absolute Gasteiger partial charge is 0.250 e. The molecule has 396 valence electrons. The number of anilines is 4. The maximum absolute atomic E-state index is 14.0. The van der Waals surface area contributed by atoms with Crippen LogP contribution in [0.5, 0.6) is 0 Å². The Morgan fingerprint density at radius 1 is 0.360 bits per heavy atom. The van der Waals surface area contributed by atoms with Gasteiger partial charge in [-0.05, 0) is 188 Å². The molecule has 0 aliphatic carbocycles. The summed E-state index contributed by atoms with van der Waals surface area (Å²) in [6, 6.07) is 27.6. The molecule has 2 atom stereocenters. The minimum Gasteiger partial charge on any atom is -0.273 e. The zero-order chi connectivity index (χ0) is 56.1. The van der Waals surface area contributed by atoms with Crippen LogP contribution in [0.3, 0.4) is 0 Å². The van der Waals surface area contributed by atoms with Gasteiger partial charge < -0.3 is 0 Å². The Morgan fingerprint density at radius 3 is 0.840 bits per heavy atom. The third-order valence-corrected chi connectivity index (χ3v) is 21.2. The van der Waals surface area contributed by atoms with Crippen LogP contribution in [0, 0.1) is 101 Å². The molecular formula is C65H82N4O4P2. The second-order valence-electron chi connectivity index (χ2n) is 24.9. The highest BCUT2D eigenvalue weighted by atomic mass is 31.1. The third kappa shape index (κ3) is 9.80. The molecule has 4 heterocycles. The Labute approximate surface area is 450 Å². The molecule has 5 aromatic carbocycles. The van der Waals surface area contributed by atoms with Gasteiger partial charge in [0.05, 0.1) is 11.4 Å². The van der Waals surface area contributed by atoms with Crippen molar-refractivity contribution in [2.45, 2.75) is 170 Å². The molecule has 7 aromatic rings. The van der Waals surface area contributed by atoms with E-state index in [1.54, 1.807) is 27.7 Å². The molecule has 75 heavy (non-hydrogen) atoms. The number of hydrogen-bond donors (Lipinski definition) is 0. The first-order valence-corrected chi connectivity index (χ1v) is 29.0. The SMILES string of the molecule is Cc1cc(C)c(N2C(=O)C(C)(C)C(=O)n3c2c(C(C)(C)C)p3-c2c(C)cc(C)cc2C)c(C)c1.Cc1cc(C)c(N2C(=O)C(C)(C)C(=O)n3c2c(C(C)(C)C)p3-c2c(C)cc(C)cc2C)c(C)c1.Cc1ccccc1. The Morgan fingerprint density at radius 2 is 0.613 bits per heavy atom. The number of aromatic nitrogens is 2. The molecule has 0 saturated heterocycles. The Bertz CT molecular complexity index is 3160. The normalized spacial score (nSPS) is 15.6. The van der Waals surface area contributed by atoms with E-state index in [0.717, 1.165) is 45.3 Å². The van der Waals surface area contributed by atoms with E-state index >= 15 is 0 Å². The zero-order valence-corrected chi connectivity index (χ0v) is 51.1. The molecular weight excluding hydrogens is 963 g/mol. The molecule has 2 aliphatic rings. The Kier molecular flexibility index (Phi) is 15.1. The van der Waals surface area contributed by atoms with Crippen LogP contribution >= 0.6 is 15.4 Å². The van der Waals surface area contributed by atoms with Crippen LogP contribution in [0.25, 0.3) is 10.6 Å². The van der Waals surface area contributed by atoms with Crippen LogP contribution in [0.15, 0.2) is 78.9 Å². The molecule has 0 fully saturated rings.